The topological polar surface area (TPSA) is 23.5 Å². The van der Waals surface area contributed by atoms with Crippen molar-refractivity contribution in [1.29, 1.82) is 0 Å². The van der Waals surface area contributed by atoms with E-state index in [2.05, 4.69) is 41.6 Å². The summed E-state index contributed by atoms with van der Waals surface area (Å²) in [5.74, 6) is 1.88. The molecule has 100 valence electrons. The molecular weight excluding hydrogens is 290 g/mol. The van der Waals surface area contributed by atoms with Gasteiger partial charge in [0.05, 0.1) is 0 Å². The van der Waals surface area contributed by atoms with Crippen LogP contribution in [0.1, 0.15) is 38.8 Å². The average molecular weight is 312 g/mol. The van der Waals surface area contributed by atoms with Crippen molar-refractivity contribution < 1.29 is 5.11 Å². The third kappa shape index (κ3) is 3.07. The fourth-order valence-electron chi connectivity index (χ4n) is 3.08. The molecular formula is C15H22BrNO. The third-order valence-corrected chi connectivity index (χ3v) is 4.38. The Morgan fingerprint density at radius 2 is 1.89 bits per heavy atom. The van der Waals surface area contributed by atoms with E-state index in [0.717, 1.165) is 35.0 Å². The molecule has 0 spiro atoms. The quantitative estimate of drug-likeness (QED) is 0.885. The van der Waals surface area contributed by atoms with Crippen LogP contribution >= 0.6 is 15.9 Å². The van der Waals surface area contributed by atoms with Crippen LogP contribution in [-0.4, -0.2) is 23.1 Å². The maximum absolute atomic E-state index is 10.0. The Balaban J connectivity index is 2.19. The van der Waals surface area contributed by atoms with Crippen LogP contribution in [0.5, 0.6) is 5.75 Å². The Labute approximate surface area is 118 Å². The molecule has 0 radical (unpaired) electrons. The van der Waals surface area contributed by atoms with Crippen LogP contribution in [0.4, 0.5) is 0 Å². The van der Waals surface area contributed by atoms with E-state index < -0.39 is 0 Å². The van der Waals surface area contributed by atoms with Crippen LogP contribution in [-0.2, 0) is 0 Å². The number of nitrogens with zero attached hydrogens (tertiary/aromatic N) is 1. The highest BCUT2D eigenvalue weighted by molar-refractivity contribution is 9.10. The molecule has 1 saturated heterocycles. The Hall–Kier alpha value is -0.540. The largest absolute Gasteiger partial charge is 0.508 e. The SMILES string of the molecule is CC1CC(C)CN(C(C)c2cc(Br)ccc2O)C1. The molecule has 1 aliphatic heterocycles. The number of hydrogen-bond donors (Lipinski definition) is 1. The highest BCUT2D eigenvalue weighted by Crippen LogP contribution is 2.34. The molecule has 2 nitrogen and oxygen atoms in total. The lowest BCUT2D eigenvalue weighted by Crippen LogP contribution is -2.40. The van der Waals surface area contributed by atoms with Crippen molar-refractivity contribution in [3.63, 3.8) is 0 Å². The normalized spacial score (nSPS) is 27.1. The fraction of sp³-hybridized carbons (Fsp3) is 0.600. The zero-order valence-electron chi connectivity index (χ0n) is 11.4. The van der Waals surface area contributed by atoms with Gasteiger partial charge in [-0.2, -0.15) is 0 Å². The van der Waals surface area contributed by atoms with E-state index in [-0.39, 0.29) is 6.04 Å². The first-order valence-corrected chi connectivity index (χ1v) is 7.49. The number of halogens is 1. The molecule has 0 saturated carbocycles. The second kappa shape index (κ2) is 5.62. The summed E-state index contributed by atoms with van der Waals surface area (Å²) >= 11 is 3.48. The predicted molar refractivity (Wildman–Crippen MR) is 78.7 cm³/mol. The number of phenols is 1. The van der Waals surface area contributed by atoms with Crippen molar-refractivity contribution >= 4 is 15.9 Å². The van der Waals surface area contributed by atoms with Crippen molar-refractivity contribution in [1.82, 2.24) is 4.90 Å². The minimum atomic E-state index is 0.271. The highest BCUT2D eigenvalue weighted by atomic mass is 79.9. The molecule has 0 bridgehead atoms. The van der Waals surface area contributed by atoms with Crippen molar-refractivity contribution in [3.05, 3.63) is 28.2 Å². The number of aromatic hydroxyl groups is 1. The highest BCUT2D eigenvalue weighted by Gasteiger charge is 2.27. The Morgan fingerprint density at radius 3 is 2.50 bits per heavy atom. The van der Waals surface area contributed by atoms with E-state index in [1.54, 1.807) is 6.07 Å². The fourth-order valence-corrected chi connectivity index (χ4v) is 3.46. The van der Waals surface area contributed by atoms with Gasteiger partial charge in [0, 0.05) is 29.2 Å². The zero-order chi connectivity index (χ0) is 13.3. The molecule has 1 heterocycles. The Morgan fingerprint density at radius 1 is 1.28 bits per heavy atom. The first-order valence-electron chi connectivity index (χ1n) is 6.69. The lowest BCUT2D eigenvalue weighted by molar-refractivity contribution is 0.102. The van der Waals surface area contributed by atoms with Gasteiger partial charge in [-0.3, -0.25) is 4.90 Å². The van der Waals surface area contributed by atoms with E-state index in [0.29, 0.717) is 5.75 Å². The van der Waals surface area contributed by atoms with Gasteiger partial charge >= 0.3 is 0 Å². The molecule has 2 rings (SSSR count). The molecule has 0 aliphatic carbocycles. The molecule has 3 unspecified atom stereocenters. The summed E-state index contributed by atoms with van der Waals surface area (Å²) < 4.78 is 1.03. The standard InChI is InChI=1S/C15H22BrNO/c1-10-6-11(2)9-17(8-10)12(3)14-7-13(16)4-5-15(14)18/h4-5,7,10-12,18H,6,8-9H2,1-3H3. The van der Waals surface area contributed by atoms with Gasteiger partial charge in [0.1, 0.15) is 5.75 Å². The van der Waals surface area contributed by atoms with Gasteiger partial charge in [0.15, 0.2) is 0 Å². The lowest BCUT2D eigenvalue weighted by Gasteiger charge is -2.39. The first-order chi connectivity index (χ1) is 8.47. The van der Waals surface area contributed by atoms with Gasteiger partial charge in [-0.15, -0.1) is 0 Å². The second-order valence-corrected chi connectivity index (χ2v) is 6.69. The van der Waals surface area contributed by atoms with Gasteiger partial charge in [-0.25, -0.2) is 0 Å². The van der Waals surface area contributed by atoms with E-state index >= 15 is 0 Å². The maximum atomic E-state index is 10.0. The second-order valence-electron chi connectivity index (χ2n) is 5.78. The number of rotatable bonds is 2. The molecule has 3 atom stereocenters. The van der Waals surface area contributed by atoms with Crippen LogP contribution in [0, 0.1) is 11.8 Å². The van der Waals surface area contributed by atoms with E-state index in [4.69, 9.17) is 0 Å². The van der Waals surface area contributed by atoms with Crippen LogP contribution in [0.3, 0.4) is 0 Å². The molecule has 18 heavy (non-hydrogen) atoms. The van der Waals surface area contributed by atoms with Gasteiger partial charge in [-0.05, 0) is 43.4 Å². The molecule has 0 aromatic heterocycles. The number of hydrogen-bond acceptors (Lipinski definition) is 2. The third-order valence-electron chi connectivity index (χ3n) is 3.88. The summed E-state index contributed by atoms with van der Waals surface area (Å²) in [6, 6.07) is 5.96. The lowest BCUT2D eigenvalue weighted by atomic mass is 9.90. The van der Waals surface area contributed by atoms with E-state index in [1.165, 1.54) is 6.42 Å². The van der Waals surface area contributed by atoms with Crippen molar-refractivity contribution in [3.8, 4) is 5.75 Å². The van der Waals surface area contributed by atoms with Gasteiger partial charge in [0.2, 0.25) is 0 Å². The van der Waals surface area contributed by atoms with Crippen LogP contribution < -0.4 is 0 Å². The van der Waals surface area contributed by atoms with Gasteiger partial charge < -0.3 is 5.11 Å². The van der Waals surface area contributed by atoms with Crippen LogP contribution in [0.25, 0.3) is 0 Å². The monoisotopic (exact) mass is 311 g/mol. The molecule has 1 N–H and O–H groups in total. The molecule has 1 aliphatic rings. The van der Waals surface area contributed by atoms with Crippen molar-refractivity contribution in [2.24, 2.45) is 11.8 Å². The number of phenolic OH excluding ortho intramolecular Hbond substituents is 1. The Bertz CT molecular complexity index is 411. The minimum Gasteiger partial charge on any atom is -0.508 e. The smallest absolute Gasteiger partial charge is 0.120 e. The molecule has 1 fully saturated rings. The van der Waals surface area contributed by atoms with Gasteiger partial charge in [-0.1, -0.05) is 29.8 Å². The van der Waals surface area contributed by atoms with Crippen LogP contribution in [0.2, 0.25) is 0 Å². The van der Waals surface area contributed by atoms with Crippen LogP contribution in [0.15, 0.2) is 22.7 Å². The van der Waals surface area contributed by atoms with E-state index in [9.17, 15) is 5.11 Å². The number of likely N-dealkylation sites (tertiary alicyclic amines) is 1. The zero-order valence-corrected chi connectivity index (χ0v) is 12.9. The number of benzene rings is 1. The summed E-state index contributed by atoms with van der Waals surface area (Å²) in [5, 5.41) is 10.0. The molecule has 1 aromatic rings. The summed E-state index contributed by atoms with van der Waals surface area (Å²) in [6.07, 6.45) is 1.31. The number of piperidine rings is 1. The van der Waals surface area contributed by atoms with Gasteiger partial charge in [0.25, 0.3) is 0 Å². The summed E-state index contributed by atoms with van der Waals surface area (Å²) in [7, 11) is 0. The van der Waals surface area contributed by atoms with E-state index in [1.807, 2.05) is 12.1 Å². The predicted octanol–water partition coefficient (Wildman–Crippen LogP) is 4.19. The van der Waals surface area contributed by atoms with Crippen molar-refractivity contribution in [2.45, 2.75) is 33.2 Å². The molecule has 0 amide bonds. The molecule has 1 aromatic carbocycles. The summed E-state index contributed by atoms with van der Waals surface area (Å²) in [4.78, 5) is 2.49. The first kappa shape index (κ1) is 13.9. The van der Waals surface area contributed by atoms with Crippen molar-refractivity contribution in [2.75, 3.05) is 13.1 Å². The minimum absolute atomic E-state index is 0.271. The summed E-state index contributed by atoms with van der Waals surface area (Å²) in [5.41, 5.74) is 1.02. The maximum Gasteiger partial charge on any atom is 0.120 e. The summed E-state index contributed by atoms with van der Waals surface area (Å²) in [6.45, 7) is 9.06. The molecule has 3 heteroatoms. The Kier molecular flexibility index (Phi) is 4.33. The average Bonchev–Trinajstić information content (AvgIpc) is 2.30.